The molecule has 6 nitrogen and oxygen atoms in total. The Morgan fingerprint density at radius 3 is 1.73 bits per heavy atom. The molecule has 0 atom stereocenters. The molecule has 2 aliphatic rings. The van der Waals surface area contributed by atoms with E-state index in [0.29, 0.717) is 49.7 Å². The van der Waals surface area contributed by atoms with E-state index in [1.165, 1.54) is 4.90 Å². The highest BCUT2D eigenvalue weighted by Crippen LogP contribution is 2.39. The second-order valence-electron chi connectivity index (χ2n) is 10.0. The number of nitrogens with one attached hydrogen (secondary N) is 1. The van der Waals surface area contributed by atoms with Gasteiger partial charge in [0.1, 0.15) is 0 Å². The van der Waals surface area contributed by atoms with Crippen LogP contribution in [0.3, 0.4) is 0 Å². The molecule has 0 saturated heterocycles. The van der Waals surface area contributed by atoms with Crippen molar-refractivity contribution >= 4 is 67.3 Å². The number of fused-ring (bicyclic) bond motifs is 1. The van der Waals surface area contributed by atoms with Crippen LogP contribution in [0.15, 0.2) is 107 Å². The molecule has 188 valence electrons. The molecule has 2 aliphatic heterocycles. The Labute approximate surface area is 226 Å². The highest BCUT2D eigenvalue weighted by molar-refractivity contribution is 6.36. The first kappa shape index (κ1) is 22.4. The van der Waals surface area contributed by atoms with E-state index < -0.39 is 11.8 Å². The number of benzene rings is 6. The van der Waals surface area contributed by atoms with Gasteiger partial charge in [0.25, 0.3) is 11.8 Å². The molecule has 6 heteroatoms. The van der Waals surface area contributed by atoms with Crippen molar-refractivity contribution in [1.82, 2.24) is 0 Å². The molecule has 6 aromatic rings. The number of carbonyl (C=O) groups is 2. The van der Waals surface area contributed by atoms with Crippen LogP contribution in [0.4, 0.5) is 11.4 Å². The van der Waals surface area contributed by atoms with Gasteiger partial charge in [0.2, 0.25) is 0 Å². The van der Waals surface area contributed by atoms with Gasteiger partial charge in [-0.05, 0) is 35.0 Å². The summed E-state index contributed by atoms with van der Waals surface area (Å²) in [4.78, 5) is 56.1. The van der Waals surface area contributed by atoms with Crippen molar-refractivity contribution in [2.24, 2.45) is 0 Å². The van der Waals surface area contributed by atoms with Crippen molar-refractivity contribution in [2.75, 3.05) is 10.2 Å². The average molecular weight is 519 g/mol. The Hall–Kier alpha value is -5.62. The van der Waals surface area contributed by atoms with Crippen LogP contribution in [0.25, 0.3) is 44.1 Å². The molecule has 0 fully saturated rings. The molecule has 6 aromatic carbocycles. The molecule has 8 rings (SSSR count). The van der Waals surface area contributed by atoms with Gasteiger partial charge in [-0.3, -0.25) is 19.2 Å². The van der Waals surface area contributed by atoms with E-state index in [1.54, 1.807) is 72.8 Å². The van der Waals surface area contributed by atoms with Crippen molar-refractivity contribution in [3.05, 3.63) is 139 Å². The fourth-order valence-corrected chi connectivity index (χ4v) is 6.10. The number of nitrogens with zero attached hydrogens (tertiary/aromatic N) is 1. The minimum absolute atomic E-state index is 0.0225. The topological polar surface area (TPSA) is 83.6 Å². The zero-order chi connectivity index (χ0) is 27.1. The van der Waals surface area contributed by atoms with Crippen molar-refractivity contribution < 1.29 is 9.59 Å². The third-order valence-corrected chi connectivity index (χ3v) is 7.89. The fourth-order valence-electron chi connectivity index (χ4n) is 6.10. The summed E-state index contributed by atoms with van der Waals surface area (Å²) < 4.78 is 0. The third-order valence-electron chi connectivity index (χ3n) is 7.89. The van der Waals surface area contributed by atoms with Crippen LogP contribution in [0.1, 0.15) is 26.3 Å². The van der Waals surface area contributed by atoms with Crippen LogP contribution in [0.2, 0.25) is 0 Å². The molecule has 2 amide bonds. The molecule has 0 spiro atoms. The predicted molar refractivity (Wildman–Crippen MR) is 158 cm³/mol. The van der Waals surface area contributed by atoms with Gasteiger partial charge in [-0.15, -0.1) is 0 Å². The summed E-state index contributed by atoms with van der Waals surface area (Å²) >= 11 is 0. The normalized spacial score (nSPS) is 14.3. The van der Waals surface area contributed by atoms with Crippen LogP contribution in [-0.4, -0.2) is 11.8 Å². The Balaban J connectivity index is 1.36. The van der Waals surface area contributed by atoms with Gasteiger partial charge in [0.15, 0.2) is 10.9 Å². The lowest BCUT2D eigenvalue weighted by molar-refractivity contribution is 0.0893. The molecular formula is C34H18N2O4. The number of rotatable bonds is 1. The van der Waals surface area contributed by atoms with Gasteiger partial charge < -0.3 is 5.32 Å². The Bertz CT molecular complexity index is 2220. The zero-order valence-electron chi connectivity index (χ0n) is 20.9. The molecule has 0 radical (unpaired) electrons. The lowest BCUT2D eigenvalue weighted by atomic mass is 9.93. The largest absolute Gasteiger partial charge is 0.353 e. The summed E-state index contributed by atoms with van der Waals surface area (Å²) in [6, 6.07) is 27.0. The summed E-state index contributed by atoms with van der Waals surface area (Å²) in [5, 5.41) is 7.16. The molecule has 0 aliphatic carbocycles. The summed E-state index contributed by atoms with van der Waals surface area (Å²) in [5.74, 6) is -0.864. The van der Waals surface area contributed by atoms with Crippen LogP contribution in [0.5, 0.6) is 0 Å². The third kappa shape index (κ3) is 2.87. The number of amides is 2. The Kier molecular flexibility index (Phi) is 4.44. The monoisotopic (exact) mass is 518 g/mol. The van der Waals surface area contributed by atoms with E-state index in [2.05, 4.69) is 5.32 Å². The van der Waals surface area contributed by atoms with Crippen molar-refractivity contribution in [2.45, 2.75) is 0 Å². The van der Waals surface area contributed by atoms with Gasteiger partial charge in [-0.25, -0.2) is 4.90 Å². The van der Waals surface area contributed by atoms with Crippen LogP contribution >= 0.6 is 0 Å². The van der Waals surface area contributed by atoms with Gasteiger partial charge in [0, 0.05) is 38.2 Å². The van der Waals surface area contributed by atoms with Crippen LogP contribution in [0, 0.1) is 0 Å². The van der Waals surface area contributed by atoms with Gasteiger partial charge in [-0.1, -0.05) is 78.9 Å². The second-order valence-corrected chi connectivity index (χ2v) is 10.0. The molecule has 0 saturated carbocycles. The van der Waals surface area contributed by atoms with Crippen molar-refractivity contribution in [3.63, 3.8) is 0 Å². The van der Waals surface area contributed by atoms with E-state index in [1.807, 2.05) is 30.3 Å². The lowest BCUT2D eigenvalue weighted by Crippen LogP contribution is -2.43. The number of para-hydroxylation sites is 1. The minimum Gasteiger partial charge on any atom is -0.353 e. The standard InChI is InChI=1S/C34H18N2O4/c37-31-21-11-1-6-18-7-2-12-22(27(18)21)32(38)29(31)25-17-16-20-10-5-15-26(30(20)35-25)36-33(39)23-13-3-8-19-9-4-14-24(28(19)23)34(36)40/h1-17,35H. The fraction of sp³-hybridized carbons (Fsp3) is 0. The van der Waals surface area contributed by atoms with Crippen molar-refractivity contribution in [1.29, 1.82) is 0 Å². The molecule has 0 unspecified atom stereocenters. The van der Waals surface area contributed by atoms with E-state index in [4.69, 9.17) is 0 Å². The summed E-state index contributed by atoms with van der Waals surface area (Å²) in [5.41, 5.74) is 2.01. The highest BCUT2D eigenvalue weighted by Gasteiger charge is 2.35. The molecule has 0 aromatic heterocycles. The number of hydrogen-bond donors (Lipinski definition) is 1. The lowest BCUT2D eigenvalue weighted by Gasteiger charge is -2.30. The molecule has 0 bridgehead atoms. The first-order chi connectivity index (χ1) is 19.5. The maximum atomic E-state index is 13.8. The zero-order valence-corrected chi connectivity index (χ0v) is 20.9. The van der Waals surface area contributed by atoms with E-state index in [0.717, 1.165) is 16.3 Å². The Morgan fingerprint density at radius 1 is 0.550 bits per heavy atom. The van der Waals surface area contributed by atoms with Crippen molar-refractivity contribution in [3.8, 4) is 0 Å². The number of imide groups is 1. The Morgan fingerprint density at radius 2 is 1.10 bits per heavy atom. The SMILES string of the molecule is O=C1c2cccc3cccc(c23)C(=O)N1c1cccc2c1NC(=c1c(=O)c3cccc4cccc(c1=O)c43)C=C2. The maximum absolute atomic E-state index is 13.8. The summed E-state index contributed by atoms with van der Waals surface area (Å²) in [7, 11) is 0. The second kappa shape index (κ2) is 7.94. The molecule has 2 heterocycles. The van der Waals surface area contributed by atoms with Gasteiger partial charge in [0.05, 0.1) is 22.3 Å². The van der Waals surface area contributed by atoms with Gasteiger partial charge in [-0.2, -0.15) is 0 Å². The molecule has 40 heavy (non-hydrogen) atoms. The summed E-state index contributed by atoms with van der Waals surface area (Å²) in [6.45, 7) is 0. The number of anilines is 2. The van der Waals surface area contributed by atoms with Crippen LogP contribution < -0.4 is 26.3 Å². The molecular weight excluding hydrogens is 500 g/mol. The summed E-state index contributed by atoms with van der Waals surface area (Å²) in [6.07, 6.45) is 3.48. The number of hydrogen-bond acceptors (Lipinski definition) is 5. The van der Waals surface area contributed by atoms with E-state index in [9.17, 15) is 19.2 Å². The molecule has 1 N–H and O–H groups in total. The highest BCUT2D eigenvalue weighted by atomic mass is 16.2. The number of carbonyl (C=O) groups excluding carboxylic acids is 2. The predicted octanol–water partition coefficient (Wildman–Crippen LogP) is 5.07. The van der Waals surface area contributed by atoms with Gasteiger partial charge >= 0.3 is 0 Å². The van der Waals surface area contributed by atoms with E-state index >= 15 is 0 Å². The quantitative estimate of drug-likeness (QED) is 0.307. The maximum Gasteiger partial charge on any atom is 0.266 e. The van der Waals surface area contributed by atoms with E-state index in [-0.39, 0.29) is 16.1 Å². The smallest absolute Gasteiger partial charge is 0.266 e. The first-order valence-corrected chi connectivity index (χ1v) is 12.9. The minimum atomic E-state index is -0.432. The average Bonchev–Trinajstić information content (AvgIpc) is 2.99. The van der Waals surface area contributed by atoms with Crippen LogP contribution in [-0.2, 0) is 0 Å². The first-order valence-electron chi connectivity index (χ1n) is 12.9.